The zero-order valence-corrected chi connectivity index (χ0v) is 14.2. The van der Waals surface area contributed by atoms with Crippen LogP contribution in [-0.4, -0.2) is 64.8 Å². The number of piperazine rings is 1. The van der Waals surface area contributed by atoms with E-state index in [4.69, 9.17) is 0 Å². The number of carbonyl (C=O) groups excluding carboxylic acids is 2. The molecule has 1 N–H and O–H groups in total. The maximum absolute atomic E-state index is 12.6. The Hall–Kier alpha value is -2.80. The van der Waals surface area contributed by atoms with Gasteiger partial charge in [0, 0.05) is 56.9 Å². The molecule has 0 bridgehead atoms. The highest BCUT2D eigenvalue weighted by atomic mass is 16.2. The fourth-order valence-corrected chi connectivity index (χ4v) is 2.66. The van der Waals surface area contributed by atoms with E-state index in [1.807, 2.05) is 24.1 Å². The molecule has 0 spiro atoms. The first kappa shape index (κ1) is 17.0. The van der Waals surface area contributed by atoms with Crippen molar-refractivity contribution in [1.82, 2.24) is 25.1 Å². The predicted octanol–water partition coefficient (Wildman–Crippen LogP) is 0.794. The van der Waals surface area contributed by atoms with Crippen LogP contribution in [0.25, 0.3) is 0 Å². The lowest BCUT2D eigenvalue weighted by Gasteiger charge is -2.32. The monoisotopic (exact) mass is 339 g/mol. The molecule has 1 aliphatic heterocycles. The average Bonchev–Trinajstić information content (AvgIpc) is 2.67. The summed E-state index contributed by atoms with van der Waals surface area (Å²) >= 11 is 0. The van der Waals surface area contributed by atoms with Crippen LogP contribution in [0.4, 0.5) is 0 Å². The molecule has 0 aromatic carbocycles. The van der Waals surface area contributed by atoms with E-state index in [2.05, 4.69) is 20.2 Å². The maximum atomic E-state index is 12.6. The molecule has 0 radical (unpaired) electrons. The first-order valence-electron chi connectivity index (χ1n) is 8.24. The van der Waals surface area contributed by atoms with E-state index in [9.17, 15) is 9.59 Å². The van der Waals surface area contributed by atoms with E-state index in [0.717, 1.165) is 18.7 Å². The lowest BCUT2D eigenvalue weighted by Crippen LogP contribution is -2.47. The lowest BCUT2D eigenvalue weighted by molar-refractivity contribution is 0.0664. The maximum Gasteiger partial charge on any atom is 0.270 e. The van der Waals surface area contributed by atoms with Gasteiger partial charge in [0.15, 0.2) is 0 Å². The van der Waals surface area contributed by atoms with Crippen molar-refractivity contribution in [2.75, 3.05) is 33.2 Å². The SMILES string of the molecule is CN1CCN(C(=O)c2ccnc(C(=O)NCc3cccnc3)c2)CC1. The number of hydrogen-bond acceptors (Lipinski definition) is 5. The normalized spacial score (nSPS) is 15.0. The van der Waals surface area contributed by atoms with Crippen LogP contribution in [0.5, 0.6) is 0 Å². The fourth-order valence-electron chi connectivity index (χ4n) is 2.66. The van der Waals surface area contributed by atoms with Gasteiger partial charge in [0.2, 0.25) is 0 Å². The van der Waals surface area contributed by atoms with Gasteiger partial charge < -0.3 is 15.1 Å². The van der Waals surface area contributed by atoms with Gasteiger partial charge in [0.1, 0.15) is 5.69 Å². The van der Waals surface area contributed by atoms with Crippen LogP contribution in [0.3, 0.4) is 0 Å². The van der Waals surface area contributed by atoms with Crippen molar-refractivity contribution in [2.24, 2.45) is 0 Å². The van der Waals surface area contributed by atoms with E-state index < -0.39 is 0 Å². The van der Waals surface area contributed by atoms with Crippen molar-refractivity contribution in [3.05, 3.63) is 59.7 Å². The number of likely N-dealkylation sites (N-methyl/N-ethyl adjacent to an activating group) is 1. The van der Waals surface area contributed by atoms with E-state index in [1.165, 1.54) is 6.20 Å². The topological polar surface area (TPSA) is 78.4 Å². The first-order chi connectivity index (χ1) is 12.1. The van der Waals surface area contributed by atoms with Crippen LogP contribution in [0, 0.1) is 0 Å². The largest absolute Gasteiger partial charge is 0.347 e. The molecule has 0 unspecified atom stereocenters. The molecular weight excluding hydrogens is 318 g/mol. The molecule has 2 aromatic heterocycles. The second-order valence-corrected chi connectivity index (χ2v) is 6.07. The molecule has 1 fully saturated rings. The molecule has 3 rings (SSSR count). The zero-order valence-electron chi connectivity index (χ0n) is 14.2. The van der Waals surface area contributed by atoms with Gasteiger partial charge in [0.25, 0.3) is 11.8 Å². The minimum Gasteiger partial charge on any atom is -0.347 e. The number of hydrogen-bond donors (Lipinski definition) is 1. The highest BCUT2D eigenvalue weighted by Gasteiger charge is 2.21. The summed E-state index contributed by atoms with van der Waals surface area (Å²) in [5.41, 5.74) is 1.63. The summed E-state index contributed by atoms with van der Waals surface area (Å²) < 4.78 is 0. The van der Waals surface area contributed by atoms with Crippen molar-refractivity contribution in [3.63, 3.8) is 0 Å². The van der Waals surface area contributed by atoms with Gasteiger partial charge in [-0.3, -0.25) is 19.6 Å². The lowest BCUT2D eigenvalue weighted by atomic mass is 10.1. The van der Waals surface area contributed by atoms with Crippen molar-refractivity contribution in [2.45, 2.75) is 6.54 Å². The van der Waals surface area contributed by atoms with Crippen LogP contribution in [0.1, 0.15) is 26.4 Å². The Labute approximate surface area is 146 Å². The van der Waals surface area contributed by atoms with Crippen LogP contribution in [0.15, 0.2) is 42.9 Å². The summed E-state index contributed by atoms with van der Waals surface area (Å²) in [6.45, 7) is 3.47. The number of nitrogens with one attached hydrogen (secondary N) is 1. The van der Waals surface area contributed by atoms with Crippen LogP contribution >= 0.6 is 0 Å². The van der Waals surface area contributed by atoms with E-state index in [-0.39, 0.29) is 17.5 Å². The molecule has 2 aromatic rings. The van der Waals surface area contributed by atoms with E-state index in [0.29, 0.717) is 25.2 Å². The third-order valence-corrected chi connectivity index (χ3v) is 4.21. The summed E-state index contributed by atoms with van der Waals surface area (Å²) in [4.78, 5) is 37.0. The Bertz CT molecular complexity index is 742. The molecule has 7 nitrogen and oxygen atoms in total. The third kappa shape index (κ3) is 4.39. The van der Waals surface area contributed by atoms with Crippen molar-refractivity contribution in [3.8, 4) is 0 Å². The van der Waals surface area contributed by atoms with Gasteiger partial charge in [-0.25, -0.2) is 0 Å². The van der Waals surface area contributed by atoms with Crippen LogP contribution < -0.4 is 5.32 Å². The quantitative estimate of drug-likeness (QED) is 0.891. The second kappa shape index (κ2) is 7.85. The van der Waals surface area contributed by atoms with Gasteiger partial charge in [0.05, 0.1) is 0 Å². The molecule has 1 aliphatic rings. The summed E-state index contributed by atoms with van der Waals surface area (Å²) in [5, 5.41) is 2.79. The minimum atomic E-state index is -0.308. The van der Waals surface area contributed by atoms with E-state index >= 15 is 0 Å². The average molecular weight is 339 g/mol. The Balaban J connectivity index is 1.64. The molecular formula is C18H21N5O2. The number of pyridine rings is 2. The predicted molar refractivity (Wildman–Crippen MR) is 93.0 cm³/mol. The Kier molecular flexibility index (Phi) is 5.35. The Morgan fingerprint density at radius 3 is 2.68 bits per heavy atom. The van der Waals surface area contributed by atoms with E-state index in [1.54, 1.807) is 24.5 Å². The molecule has 1 saturated heterocycles. The zero-order chi connectivity index (χ0) is 17.6. The van der Waals surface area contributed by atoms with Crippen LogP contribution in [-0.2, 0) is 6.54 Å². The van der Waals surface area contributed by atoms with Gasteiger partial charge in [-0.15, -0.1) is 0 Å². The molecule has 3 heterocycles. The number of nitrogens with zero attached hydrogens (tertiary/aromatic N) is 4. The molecule has 0 saturated carbocycles. The molecule has 7 heteroatoms. The number of rotatable bonds is 4. The Morgan fingerprint density at radius 2 is 1.96 bits per heavy atom. The first-order valence-corrected chi connectivity index (χ1v) is 8.24. The van der Waals surface area contributed by atoms with Gasteiger partial charge >= 0.3 is 0 Å². The fraction of sp³-hybridized carbons (Fsp3) is 0.333. The minimum absolute atomic E-state index is 0.0585. The second-order valence-electron chi connectivity index (χ2n) is 6.07. The highest BCUT2D eigenvalue weighted by molar-refractivity contribution is 5.98. The van der Waals surface area contributed by atoms with Crippen molar-refractivity contribution >= 4 is 11.8 Å². The van der Waals surface area contributed by atoms with Gasteiger partial charge in [-0.2, -0.15) is 0 Å². The summed E-state index contributed by atoms with van der Waals surface area (Å²) in [6, 6.07) is 6.90. The van der Waals surface area contributed by atoms with Crippen LogP contribution in [0.2, 0.25) is 0 Å². The molecule has 0 atom stereocenters. The number of amides is 2. The highest BCUT2D eigenvalue weighted by Crippen LogP contribution is 2.09. The summed E-state index contributed by atoms with van der Waals surface area (Å²) in [5.74, 6) is -0.367. The smallest absolute Gasteiger partial charge is 0.270 e. The van der Waals surface area contributed by atoms with Gasteiger partial charge in [-0.1, -0.05) is 6.07 Å². The van der Waals surface area contributed by atoms with Crippen molar-refractivity contribution in [1.29, 1.82) is 0 Å². The standard InChI is InChI=1S/C18H21N5O2/c1-22-7-9-23(10-8-22)18(25)15-4-6-20-16(11-15)17(24)21-13-14-3-2-5-19-12-14/h2-6,11-12H,7-10,13H2,1H3,(H,21,24). The van der Waals surface area contributed by atoms with Gasteiger partial charge in [-0.05, 0) is 30.8 Å². The number of aromatic nitrogens is 2. The molecule has 130 valence electrons. The molecule has 0 aliphatic carbocycles. The third-order valence-electron chi connectivity index (χ3n) is 4.21. The summed E-state index contributed by atoms with van der Waals surface area (Å²) in [6.07, 6.45) is 4.88. The number of carbonyl (C=O) groups is 2. The summed E-state index contributed by atoms with van der Waals surface area (Å²) in [7, 11) is 2.04. The molecule has 25 heavy (non-hydrogen) atoms. The molecule has 2 amide bonds. The van der Waals surface area contributed by atoms with Crippen molar-refractivity contribution < 1.29 is 9.59 Å². The Morgan fingerprint density at radius 1 is 1.16 bits per heavy atom.